The molecule has 3 fully saturated rings. The molecule has 3 saturated heterocycles. The fraction of sp³-hybridized carbons (Fsp3) is 0.357. The van der Waals surface area contributed by atoms with Crippen LogP contribution in [0.5, 0.6) is 0 Å². The Morgan fingerprint density at radius 3 is 2.28 bits per heavy atom. The number of nitrogens with one attached hydrogen (secondary N) is 1. The molecule has 53 heavy (non-hydrogen) atoms. The third-order valence-corrected chi connectivity index (χ3v) is 10.2. The Balaban J connectivity index is 1.01. The Morgan fingerprint density at radius 1 is 0.830 bits per heavy atom. The summed E-state index contributed by atoms with van der Waals surface area (Å²) in [6, 6.07) is 32.0. The summed E-state index contributed by atoms with van der Waals surface area (Å²) in [5.41, 5.74) is 6.29. The number of morpholine rings is 1. The molecular formula is C42H45N3O8. The van der Waals surface area contributed by atoms with Crippen molar-refractivity contribution in [2.45, 2.75) is 57.6 Å². The van der Waals surface area contributed by atoms with Crippen molar-refractivity contribution < 1.29 is 38.4 Å². The molecule has 4 aromatic rings. The van der Waals surface area contributed by atoms with Gasteiger partial charge in [-0.2, -0.15) is 0 Å². The van der Waals surface area contributed by atoms with Gasteiger partial charge >= 0.3 is 6.09 Å². The lowest BCUT2D eigenvalue weighted by Crippen LogP contribution is -2.47. The summed E-state index contributed by atoms with van der Waals surface area (Å²) >= 11 is 0. The van der Waals surface area contributed by atoms with E-state index in [2.05, 4.69) is 17.1 Å². The van der Waals surface area contributed by atoms with Crippen LogP contribution in [0.25, 0.3) is 11.1 Å². The molecule has 11 nitrogen and oxygen atoms in total. The second-order valence-electron chi connectivity index (χ2n) is 13.8. The molecule has 5 atom stereocenters. The quantitative estimate of drug-likeness (QED) is 0.193. The molecule has 276 valence electrons. The molecule has 0 bridgehead atoms. The van der Waals surface area contributed by atoms with Crippen molar-refractivity contribution in [3.63, 3.8) is 0 Å². The van der Waals surface area contributed by atoms with Crippen molar-refractivity contribution in [2.75, 3.05) is 32.8 Å². The zero-order valence-corrected chi connectivity index (χ0v) is 29.8. The van der Waals surface area contributed by atoms with Gasteiger partial charge in [0, 0.05) is 31.1 Å². The minimum atomic E-state index is -0.971. The fourth-order valence-electron chi connectivity index (χ4n) is 7.10. The maximum atomic E-state index is 13.2. The van der Waals surface area contributed by atoms with Gasteiger partial charge in [-0.15, -0.1) is 0 Å². The van der Waals surface area contributed by atoms with Crippen molar-refractivity contribution in [3.8, 4) is 11.1 Å². The minimum absolute atomic E-state index is 0.0115. The van der Waals surface area contributed by atoms with Gasteiger partial charge in [0.25, 0.3) is 5.91 Å². The number of benzene rings is 4. The van der Waals surface area contributed by atoms with Crippen molar-refractivity contribution in [1.82, 2.24) is 15.1 Å². The number of hydrogen-bond donors (Lipinski definition) is 2. The first kappa shape index (κ1) is 36.4. The first-order valence-corrected chi connectivity index (χ1v) is 18.2. The fourth-order valence-corrected chi connectivity index (χ4v) is 7.10. The lowest BCUT2D eigenvalue weighted by atomic mass is 9.90. The highest BCUT2D eigenvalue weighted by molar-refractivity contribution is 6.06. The van der Waals surface area contributed by atoms with E-state index in [9.17, 15) is 19.5 Å². The van der Waals surface area contributed by atoms with Crippen molar-refractivity contribution in [1.29, 1.82) is 0 Å². The third-order valence-electron chi connectivity index (χ3n) is 10.2. The van der Waals surface area contributed by atoms with Gasteiger partial charge in [0.2, 0.25) is 5.91 Å². The van der Waals surface area contributed by atoms with Crippen LogP contribution in [0.4, 0.5) is 4.79 Å². The number of nitrogens with zero attached hydrogens (tertiary/aromatic N) is 2. The van der Waals surface area contributed by atoms with Crippen LogP contribution in [0.15, 0.2) is 103 Å². The summed E-state index contributed by atoms with van der Waals surface area (Å²) in [6.07, 6.45) is -1.71. The van der Waals surface area contributed by atoms with Crippen LogP contribution >= 0.6 is 0 Å². The number of carbonyl (C=O) groups is 3. The van der Waals surface area contributed by atoms with E-state index in [1.165, 1.54) is 4.90 Å². The third kappa shape index (κ3) is 8.84. The molecular weight excluding hydrogens is 674 g/mol. The molecule has 0 saturated carbocycles. The Morgan fingerprint density at radius 2 is 1.55 bits per heavy atom. The van der Waals surface area contributed by atoms with Gasteiger partial charge in [-0.05, 0) is 39.4 Å². The largest absolute Gasteiger partial charge is 0.445 e. The average molecular weight is 720 g/mol. The molecule has 3 heterocycles. The van der Waals surface area contributed by atoms with Gasteiger partial charge in [-0.1, -0.05) is 104 Å². The summed E-state index contributed by atoms with van der Waals surface area (Å²) in [4.78, 5) is 42.0. The highest BCUT2D eigenvalue weighted by atomic mass is 16.7. The molecule has 4 aromatic carbocycles. The number of likely N-dealkylation sites (tertiary alicyclic amines) is 1. The molecule has 11 heteroatoms. The topological polar surface area (TPSA) is 127 Å². The SMILES string of the molecule is CC1C(CN2CCOCC2)OC(c2ccc(-c3cccc(CN4C(=O)CC(NC(=O)OCc5ccccc5)C4=O)c3)cc2)OC1c1ccc(CO)cc1. The lowest BCUT2D eigenvalue weighted by Gasteiger charge is -2.43. The van der Waals surface area contributed by atoms with E-state index >= 15 is 0 Å². The summed E-state index contributed by atoms with van der Waals surface area (Å²) in [5, 5.41) is 12.1. The monoisotopic (exact) mass is 719 g/mol. The highest BCUT2D eigenvalue weighted by Crippen LogP contribution is 2.42. The average Bonchev–Trinajstić information content (AvgIpc) is 3.45. The smallest absolute Gasteiger partial charge is 0.408 e. The van der Waals surface area contributed by atoms with Gasteiger partial charge in [-0.3, -0.25) is 19.4 Å². The Labute approximate surface area is 309 Å². The predicted molar refractivity (Wildman–Crippen MR) is 196 cm³/mol. The van der Waals surface area contributed by atoms with E-state index in [1.807, 2.05) is 103 Å². The second kappa shape index (κ2) is 16.8. The first-order valence-electron chi connectivity index (χ1n) is 18.2. The van der Waals surface area contributed by atoms with Crippen LogP contribution in [0.2, 0.25) is 0 Å². The van der Waals surface area contributed by atoms with Crippen LogP contribution in [0, 0.1) is 5.92 Å². The van der Waals surface area contributed by atoms with Crippen LogP contribution in [-0.4, -0.2) is 77.8 Å². The molecule has 3 aliphatic heterocycles. The van der Waals surface area contributed by atoms with Crippen molar-refractivity contribution in [2.24, 2.45) is 5.92 Å². The molecule has 0 radical (unpaired) electrons. The predicted octanol–water partition coefficient (Wildman–Crippen LogP) is 5.52. The number of alkyl carbamates (subject to hydrolysis) is 1. The number of aliphatic hydroxyl groups excluding tert-OH is 1. The maximum Gasteiger partial charge on any atom is 0.408 e. The van der Waals surface area contributed by atoms with Crippen LogP contribution in [0.1, 0.15) is 53.6 Å². The molecule has 7 rings (SSSR count). The molecule has 3 aliphatic rings. The molecule has 3 amide bonds. The number of ether oxygens (including phenoxy) is 4. The number of rotatable bonds is 11. The first-order chi connectivity index (χ1) is 25.8. The summed E-state index contributed by atoms with van der Waals surface area (Å²) in [5.74, 6) is -0.725. The maximum absolute atomic E-state index is 13.2. The summed E-state index contributed by atoms with van der Waals surface area (Å²) < 4.78 is 24.1. The van der Waals surface area contributed by atoms with Gasteiger partial charge in [0.05, 0.1) is 45.0 Å². The summed E-state index contributed by atoms with van der Waals surface area (Å²) in [6.45, 7) is 6.24. The van der Waals surface area contributed by atoms with Gasteiger partial charge in [-0.25, -0.2) is 4.79 Å². The number of imide groups is 1. The normalized spacial score (nSPS) is 23.6. The number of amides is 3. The molecule has 0 spiro atoms. The summed E-state index contributed by atoms with van der Waals surface area (Å²) in [7, 11) is 0. The van der Waals surface area contributed by atoms with E-state index < -0.39 is 24.3 Å². The molecule has 5 unspecified atom stereocenters. The molecule has 0 aromatic heterocycles. The van der Waals surface area contributed by atoms with Crippen LogP contribution in [0.3, 0.4) is 0 Å². The number of hydrogen-bond acceptors (Lipinski definition) is 9. The molecule has 2 N–H and O–H groups in total. The van der Waals surface area contributed by atoms with Crippen LogP contribution < -0.4 is 5.32 Å². The van der Waals surface area contributed by atoms with Crippen LogP contribution in [-0.2, 0) is 48.3 Å². The Bertz CT molecular complexity index is 1860. The minimum Gasteiger partial charge on any atom is -0.445 e. The zero-order valence-electron chi connectivity index (χ0n) is 29.8. The van der Waals surface area contributed by atoms with E-state index in [0.717, 1.165) is 58.6 Å². The lowest BCUT2D eigenvalue weighted by molar-refractivity contribution is -0.277. The van der Waals surface area contributed by atoms with E-state index in [-0.39, 0.29) is 50.2 Å². The van der Waals surface area contributed by atoms with Crippen molar-refractivity contribution in [3.05, 3.63) is 131 Å². The zero-order chi connectivity index (χ0) is 36.7. The van der Waals surface area contributed by atoms with E-state index in [0.29, 0.717) is 13.2 Å². The van der Waals surface area contributed by atoms with Gasteiger partial charge in [0.1, 0.15) is 12.6 Å². The Hall–Kier alpha value is -4.91. The van der Waals surface area contributed by atoms with Crippen molar-refractivity contribution >= 4 is 17.9 Å². The number of aliphatic hydroxyl groups is 1. The highest BCUT2D eigenvalue weighted by Gasteiger charge is 2.41. The van der Waals surface area contributed by atoms with Gasteiger partial charge in [0.15, 0.2) is 6.29 Å². The van der Waals surface area contributed by atoms with E-state index in [1.54, 1.807) is 0 Å². The standard InChI is InChI=1S/C42H45N3O8/c1-28-37(25-44-18-20-50-21-19-44)52-41(53-39(28)33-12-10-29(26-46)11-13-33)34-16-14-32(15-17-34)35-9-5-8-31(22-35)24-45-38(47)23-36(40(45)48)43-42(49)51-27-30-6-3-2-4-7-30/h2-17,22,28,36-37,39,41,46H,18-21,23-27H2,1H3,(H,43,49). The number of carbonyl (C=O) groups excluding carboxylic acids is 3. The molecule has 0 aliphatic carbocycles. The Kier molecular flexibility index (Phi) is 11.6. The second-order valence-corrected chi connectivity index (χ2v) is 13.8. The van der Waals surface area contributed by atoms with E-state index in [4.69, 9.17) is 18.9 Å². The van der Waals surface area contributed by atoms with Gasteiger partial charge < -0.3 is 29.4 Å².